The molecule has 2 aromatic carbocycles. The molecule has 33 heavy (non-hydrogen) atoms. The molecular formula is C23H26N2O7S. The monoisotopic (exact) mass is 474 g/mol. The molecule has 1 aliphatic rings. The van der Waals surface area contributed by atoms with Crippen LogP contribution >= 0.6 is 0 Å². The number of hydrogen-bond donors (Lipinski definition) is 3. The van der Waals surface area contributed by atoms with Crippen LogP contribution in [0.3, 0.4) is 0 Å². The van der Waals surface area contributed by atoms with E-state index in [1.54, 1.807) is 0 Å². The van der Waals surface area contributed by atoms with Gasteiger partial charge in [-0.25, -0.2) is 13.2 Å². The normalized spacial score (nSPS) is 14.5. The summed E-state index contributed by atoms with van der Waals surface area (Å²) in [6.45, 7) is 1.28. The summed E-state index contributed by atoms with van der Waals surface area (Å²) in [5.74, 6) is -2.61. The van der Waals surface area contributed by atoms with Crippen LogP contribution in [0.15, 0.2) is 48.5 Å². The Morgan fingerprint density at radius 2 is 1.55 bits per heavy atom. The average Bonchev–Trinajstić information content (AvgIpc) is 3.08. The molecule has 1 unspecified atom stereocenters. The second kappa shape index (κ2) is 10.0. The van der Waals surface area contributed by atoms with Gasteiger partial charge in [-0.2, -0.15) is 0 Å². The maximum Gasteiger partial charge on any atom is 0.407 e. The Kier molecular flexibility index (Phi) is 7.37. The van der Waals surface area contributed by atoms with E-state index in [2.05, 4.69) is 10.6 Å². The molecule has 1 aliphatic carbocycles. The van der Waals surface area contributed by atoms with Crippen LogP contribution in [0.5, 0.6) is 0 Å². The molecule has 3 N–H and O–H groups in total. The first kappa shape index (κ1) is 24.2. The van der Waals surface area contributed by atoms with Gasteiger partial charge in [0, 0.05) is 12.2 Å². The number of alkyl carbamates (subject to hydrolysis) is 1. The van der Waals surface area contributed by atoms with Crippen molar-refractivity contribution >= 4 is 27.8 Å². The van der Waals surface area contributed by atoms with Crippen LogP contribution in [-0.4, -0.2) is 62.2 Å². The van der Waals surface area contributed by atoms with E-state index >= 15 is 0 Å². The van der Waals surface area contributed by atoms with E-state index in [1.165, 1.54) is 6.92 Å². The van der Waals surface area contributed by atoms with Gasteiger partial charge in [0.15, 0.2) is 0 Å². The SMILES string of the molecule is C[C@H](NC(=O)C(CCS(C)(=O)=O)NC(=O)OCC1c2ccccc2-c2ccccc21)C(=O)O. The number of carbonyl (C=O) groups excluding carboxylic acids is 2. The number of amides is 2. The minimum atomic E-state index is -3.41. The van der Waals surface area contributed by atoms with Crippen LogP contribution in [0.2, 0.25) is 0 Å². The molecule has 9 nitrogen and oxygen atoms in total. The molecule has 0 saturated heterocycles. The Bertz CT molecular complexity index is 1120. The van der Waals surface area contributed by atoms with Crippen molar-refractivity contribution in [1.29, 1.82) is 0 Å². The highest BCUT2D eigenvalue weighted by molar-refractivity contribution is 7.90. The van der Waals surface area contributed by atoms with Crippen LogP contribution in [0.25, 0.3) is 11.1 Å². The summed E-state index contributed by atoms with van der Waals surface area (Å²) in [6.07, 6.45) is -0.107. The first-order valence-corrected chi connectivity index (χ1v) is 12.5. The molecule has 0 aromatic heterocycles. The van der Waals surface area contributed by atoms with E-state index in [0.29, 0.717) is 0 Å². The molecule has 0 aliphatic heterocycles. The summed E-state index contributed by atoms with van der Waals surface area (Å²) in [4.78, 5) is 36.0. The zero-order valence-corrected chi connectivity index (χ0v) is 19.1. The third-order valence-electron chi connectivity index (χ3n) is 5.46. The Morgan fingerprint density at radius 1 is 1.00 bits per heavy atom. The Labute approximate surface area is 192 Å². The number of carboxylic acid groups (broad SMARTS) is 1. The fourth-order valence-electron chi connectivity index (χ4n) is 3.76. The predicted molar refractivity (Wildman–Crippen MR) is 122 cm³/mol. The summed E-state index contributed by atoms with van der Waals surface area (Å²) in [5.41, 5.74) is 4.17. The minimum absolute atomic E-state index is 0.0196. The smallest absolute Gasteiger partial charge is 0.407 e. The van der Waals surface area contributed by atoms with Gasteiger partial charge in [0.1, 0.15) is 28.5 Å². The molecule has 10 heteroatoms. The van der Waals surface area contributed by atoms with Gasteiger partial charge in [0.2, 0.25) is 5.91 Å². The number of rotatable bonds is 9. The molecule has 0 fully saturated rings. The summed E-state index contributed by atoms with van der Waals surface area (Å²) in [7, 11) is -3.41. The summed E-state index contributed by atoms with van der Waals surface area (Å²) < 4.78 is 28.5. The molecular weight excluding hydrogens is 448 g/mol. The standard InChI is InChI=1S/C23H26N2O7S/c1-14(22(27)28)24-21(26)20(11-12-33(2,30)31)25-23(29)32-13-19-17-9-5-3-7-15(17)16-8-4-6-10-18(16)19/h3-10,14,19-20H,11-13H2,1-2H3,(H,24,26)(H,25,29)(H,27,28)/t14-,20?/m0/s1. The van der Waals surface area contributed by atoms with Crippen molar-refractivity contribution in [3.63, 3.8) is 0 Å². The maximum absolute atomic E-state index is 12.5. The third-order valence-corrected chi connectivity index (χ3v) is 6.44. The molecule has 2 atom stereocenters. The molecule has 3 rings (SSSR count). The van der Waals surface area contributed by atoms with Gasteiger partial charge in [0.25, 0.3) is 0 Å². The second-order valence-electron chi connectivity index (χ2n) is 8.01. The van der Waals surface area contributed by atoms with Gasteiger partial charge in [-0.05, 0) is 35.6 Å². The molecule has 0 heterocycles. The van der Waals surface area contributed by atoms with Crippen molar-refractivity contribution < 1.29 is 32.6 Å². The van der Waals surface area contributed by atoms with Crippen molar-refractivity contribution in [3.8, 4) is 11.1 Å². The number of fused-ring (bicyclic) bond motifs is 3. The molecule has 0 saturated carbocycles. The number of ether oxygens (including phenoxy) is 1. The van der Waals surface area contributed by atoms with Gasteiger partial charge in [-0.15, -0.1) is 0 Å². The van der Waals surface area contributed by atoms with Crippen LogP contribution in [0.4, 0.5) is 4.79 Å². The number of nitrogens with one attached hydrogen (secondary N) is 2. The average molecular weight is 475 g/mol. The lowest BCUT2D eigenvalue weighted by Gasteiger charge is -2.20. The zero-order chi connectivity index (χ0) is 24.2. The lowest BCUT2D eigenvalue weighted by Crippen LogP contribution is -2.51. The third kappa shape index (κ3) is 6.10. The van der Waals surface area contributed by atoms with Gasteiger partial charge < -0.3 is 20.5 Å². The van der Waals surface area contributed by atoms with Gasteiger partial charge >= 0.3 is 12.1 Å². The zero-order valence-electron chi connectivity index (χ0n) is 18.3. The van der Waals surface area contributed by atoms with Gasteiger partial charge in [-0.1, -0.05) is 48.5 Å². The highest BCUT2D eigenvalue weighted by atomic mass is 32.2. The Balaban J connectivity index is 1.68. The number of aliphatic carboxylic acids is 1. The van der Waals surface area contributed by atoms with E-state index < -0.39 is 39.9 Å². The van der Waals surface area contributed by atoms with Crippen molar-refractivity contribution in [2.75, 3.05) is 18.6 Å². The fourth-order valence-corrected chi connectivity index (χ4v) is 4.42. The Hall–Kier alpha value is -3.40. The van der Waals surface area contributed by atoms with Crippen LogP contribution < -0.4 is 10.6 Å². The number of sulfone groups is 1. The van der Waals surface area contributed by atoms with Crippen LogP contribution in [0, 0.1) is 0 Å². The molecule has 2 amide bonds. The van der Waals surface area contributed by atoms with E-state index in [0.717, 1.165) is 28.5 Å². The largest absolute Gasteiger partial charge is 0.480 e. The van der Waals surface area contributed by atoms with E-state index in [1.807, 2.05) is 48.5 Å². The molecule has 176 valence electrons. The van der Waals surface area contributed by atoms with Gasteiger partial charge in [0.05, 0.1) is 5.75 Å². The summed E-state index contributed by atoms with van der Waals surface area (Å²) in [5, 5.41) is 13.6. The van der Waals surface area contributed by atoms with Gasteiger partial charge in [-0.3, -0.25) is 9.59 Å². The molecule has 2 aromatic rings. The van der Waals surface area contributed by atoms with Crippen molar-refractivity contribution in [2.45, 2.75) is 31.3 Å². The number of carboxylic acids is 1. The lowest BCUT2D eigenvalue weighted by molar-refractivity contribution is -0.141. The van der Waals surface area contributed by atoms with E-state index in [9.17, 15) is 22.8 Å². The fraction of sp³-hybridized carbons (Fsp3) is 0.348. The van der Waals surface area contributed by atoms with E-state index in [-0.39, 0.29) is 24.7 Å². The quantitative estimate of drug-likeness (QED) is 0.505. The summed E-state index contributed by atoms with van der Waals surface area (Å²) >= 11 is 0. The number of benzene rings is 2. The van der Waals surface area contributed by atoms with Crippen LogP contribution in [-0.2, 0) is 24.2 Å². The summed E-state index contributed by atoms with van der Waals surface area (Å²) in [6, 6.07) is 13.2. The van der Waals surface area contributed by atoms with Crippen LogP contribution in [0.1, 0.15) is 30.4 Å². The predicted octanol–water partition coefficient (Wildman–Crippen LogP) is 1.92. The highest BCUT2D eigenvalue weighted by Crippen LogP contribution is 2.44. The maximum atomic E-state index is 12.5. The lowest BCUT2D eigenvalue weighted by atomic mass is 9.98. The first-order chi connectivity index (χ1) is 15.6. The number of carbonyl (C=O) groups is 3. The number of hydrogen-bond acceptors (Lipinski definition) is 6. The van der Waals surface area contributed by atoms with Crippen molar-refractivity contribution in [3.05, 3.63) is 59.7 Å². The molecule has 0 radical (unpaired) electrons. The Morgan fingerprint density at radius 3 is 2.06 bits per heavy atom. The molecule has 0 spiro atoms. The minimum Gasteiger partial charge on any atom is -0.480 e. The van der Waals surface area contributed by atoms with E-state index in [4.69, 9.17) is 9.84 Å². The first-order valence-electron chi connectivity index (χ1n) is 10.4. The highest BCUT2D eigenvalue weighted by Gasteiger charge is 2.30. The second-order valence-corrected chi connectivity index (χ2v) is 10.3. The topological polar surface area (TPSA) is 139 Å². The van der Waals surface area contributed by atoms with Crippen molar-refractivity contribution in [1.82, 2.24) is 10.6 Å². The molecule has 0 bridgehead atoms. The van der Waals surface area contributed by atoms with Crippen molar-refractivity contribution in [2.24, 2.45) is 0 Å².